The highest BCUT2D eigenvalue weighted by Crippen LogP contribution is 2.35. The zero-order valence-electron chi connectivity index (χ0n) is 14.8. The van der Waals surface area contributed by atoms with Gasteiger partial charge in [0.2, 0.25) is 0 Å². The van der Waals surface area contributed by atoms with Crippen molar-refractivity contribution in [3.8, 4) is 22.7 Å². The summed E-state index contributed by atoms with van der Waals surface area (Å²) in [5.41, 5.74) is 2.40. The van der Waals surface area contributed by atoms with Crippen LogP contribution in [0.25, 0.3) is 16.9 Å². The molecule has 0 saturated heterocycles. The van der Waals surface area contributed by atoms with Gasteiger partial charge in [0.25, 0.3) is 0 Å². The summed E-state index contributed by atoms with van der Waals surface area (Å²) in [6.45, 7) is 0.741. The van der Waals surface area contributed by atoms with Crippen LogP contribution in [0.5, 0.6) is 5.75 Å². The molecular weight excluding hydrogens is 374 g/mol. The van der Waals surface area contributed by atoms with Gasteiger partial charge in [-0.05, 0) is 55.7 Å². The second-order valence-corrected chi connectivity index (χ2v) is 6.49. The number of nitrogens with zero attached hydrogens (tertiary/aromatic N) is 2. The van der Waals surface area contributed by atoms with Gasteiger partial charge >= 0.3 is 6.36 Å². The third kappa shape index (κ3) is 3.67. The van der Waals surface area contributed by atoms with Crippen molar-refractivity contribution in [1.82, 2.24) is 9.78 Å². The highest BCUT2D eigenvalue weighted by atomic mass is 19.4. The first-order valence-electron chi connectivity index (χ1n) is 8.89. The fraction of sp³-hybridized carbons (Fsp3) is 0.250. The number of rotatable bonds is 3. The summed E-state index contributed by atoms with van der Waals surface area (Å²) in [6.07, 6.45) is -2.11. The van der Waals surface area contributed by atoms with Crippen LogP contribution in [0.4, 0.5) is 23.4 Å². The number of hydrogen-bond donors (Lipinski definition) is 1. The lowest BCUT2D eigenvalue weighted by molar-refractivity contribution is -0.274. The maximum Gasteiger partial charge on any atom is 0.573 e. The zero-order valence-corrected chi connectivity index (χ0v) is 14.8. The molecular formula is C20H17F4N3O. The van der Waals surface area contributed by atoms with Gasteiger partial charge in [-0.2, -0.15) is 5.10 Å². The van der Waals surface area contributed by atoms with Crippen molar-refractivity contribution >= 4 is 5.82 Å². The molecule has 8 heteroatoms. The summed E-state index contributed by atoms with van der Waals surface area (Å²) in [5, 5.41) is 7.91. The molecule has 1 aliphatic rings. The number of benzene rings is 2. The fourth-order valence-electron chi connectivity index (χ4n) is 3.35. The second kappa shape index (κ2) is 7.18. The molecule has 0 amide bonds. The lowest BCUT2D eigenvalue weighted by atomic mass is 10.0. The van der Waals surface area contributed by atoms with Crippen LogP contribution in [0.2, 0.25) is 0 Å². The van der Waals surface area contributed by atoms with Gasteiger partial charge in [-0.1, -0.05) is 12.1 Å². The molecule has 1 aliphatic heterocycles. The number of alkyl halides is 3. The van der Waals surface area contributed by atoms with Crippen LogP contribution >= 0.6 is 0 Å². The number of halogens is 4. The lowest BCUT2D eigenvalue weighted by Crippen LogP contribution is -2.17. The molecule has 4 rings (SSSR count). The first-order chi connectivity index (χ1) is 13.4. The molecule has 28 heavy (non-hydrogen) atoms. The van der Waals surface area contributed by atoms with E-state index >= 15 is 0 Å². The number of anilines is 1. The summed E-state index contributed by atoms with van der Waals surface area (Å²) in [5.74, 6) is 0.0603. The van der Waals surface area contributed by atoms with E-state index in [0.717, 1.165) is 37.2 Å². The van der Waals surface area contributed by atoms with Crippen molar-refractivity contribution < 1.29 is 22.3 Å². The predicted octanol–water partition coefficient (Wildman–Crippen LogP) is 5.33. The molecule has 0 bridgehead atoms. The Hall–Kier alpha value is -3.03. The van der Waals surface area contributed by atoms with Gasteiger partial charge in [0, 0.05) is 17.7 Å². The Labute approximate surface area is 158 Å². The van der Waals surface area contributed by atoms with Crippen LogP contribution in [0, 0.1) is 5.82 Å². The van der Waals surface area contributed by atoms with E-state index in [1.807, 2.05) is 0 Å². The topological polar surface area (TPSA) is 39.1 Å². The average Bonchev–Trinajstić information content (AvgIpc) is 2.83. The maximum atomic E-state index is 14.4. The Morgan fingerprint density at radius 3 is 2.46 bits per heavy atom. The zero-order chi connectivity index (χ0) is 19.7. The number of ether oxygens (including phenoxy) is 1. The van der Waals surface area contributed by atoms with Gasteiger partial charge in [0.05, 0.1) is 5.69 Å². The molecule has 0 spiro atoms. The first kappa shape index (κ1) is 18.3. The van der Waals surface area contributed by atoms with Gasteiger partial charge in [-0.15, -0.1) is 13.2 Å². The predicted molar refractivity (Wildman–Crippen MR) is 97.1 cm³/mol. The average molecular weight is 391 g/mol. The monoisotopic (exact) mass is 391 g/mol. The molecule has 2 heterocycles. The summed E-state index contributed by atoms with van der Waals surface area (Å²) in [6, 6.07) is 11.9. The fourth-order valence-corrected chi connectivity index (χ4v) is 3.35. The van der Waals surface area contributed by atoms with Crippen molar-refractivity contribution in [1.29, 1.82) is 0 Å². The minimum atomic E-state index is -4.75. The van der Waals surface area contributed by atoms with E-state index in [2.05, 4.69) is 15.2 Å². The molecule has 0 radical (unpaired) electrons. The van der Waals surface area contributed by atoms with E-state index in [4.69, 9.17) is 0 Å². The molecule has 0 atom stereocenters. The molecule has 3 aromatic rings. The first-order valence-corrected chi connectivity index (χ1v) is 8.89. The van der Waals surface area contributed by atoms with Crippen molar-refractivity contribution in [3.63, 3.8) is 0 Å². The minimum Gasteiger partial charge on any atom is -0.406 e. The summed E-state index contributed by atoms with van der Waals surface area (Å²) < 4.78 is 57.0. The number of fused-ring (bicyclic) bond motifs is 1. The highest BCUT2D eigenvalue weighted by Gasteiger charge is 2.31. The minimum absolute atomic E-state index is 0.309. The Balaban J connectivity index is 1.78. The highest BCUT2D eigenvalue weighted by molar-refractivity contribution is 5.71. The Morgan fingerprint density at radius 1 is 1.00 bits per heavy atom. The smallest absolute Gasteiger partial charge is 0.406 e. The van der Waals surface area contributed by atoms with Gasteiger partial charge in [-0.3, -0.25) is 0 Å². The summed E-state index contributed by atoms with van der Waals surface area (Å²) in [4.78, 5) is 0. The van der Waals surface area contributed by atoms with Crippen LogP contribution in [0.3, 0.4) is 0 Å². The lowest BCUT2D eigenvalue weighted by Gasteiger charge is -2.11. The molecule has 0 saturated carbocycles. The summed E-state index contributed by atoms with van der Waals surface area (Å²) in [7, 11) is 0. The van der Waals surface area contributed by atoms with Crippen LogP contribution < -0.4 is 10.1 Å². The van der Waals surface area contributed by atoms with Gasteiger partial charge in [0.1, 0.15) is 23.1 Å². The van der Waals surface area contributed by atoms with Crippen LogP contribution in [-0.2, 0) is 6.42 Å². The second-order valence-electron chi connectivity index (χ2n) is 6.49. The van der Waals surface area contributed by atoms with E-state index in [-0.39, 0.29) is 11.6 Å². The van der Waals surface area contributed by atoms with E-state index < -0.39 is 6.36 Å². The Bertz CT molecular complexity index is 980. The molecule has 0 unspecified atom stereocenters. The SMILES string of the molecule is Fc1ccccc1-c1nn(-c2ccc(OC(F)(F)F)cc2)c2c1CCCCN2. The van der Waals surface area contributed by atoms with Gasteiger partial charge in [-0.25, -0.2) is 9.07 Å². The number of nitrogens with one attached hydrogen (secondary N) is 1. The number of hydrogen-bond acceptors (Lipinski definition) is 3. The van der Waals surface area contributed by atoms with E-state index in [9.17, 15) is 17.6 Å². The maximum absolute atomic E-state index is 14.4. The molecule has 0 aliphatic carbocycles. The van der Waals surface area contributed by atoms with Crippen molar-refractivity contribution in [2.75, 3.05) is 11.9 Å². The molecule has 2 aromatic carbocycles. The van der Waals surface area contributed by atoms with Crippen molar-refractivity contribution in [3.05, 3.63) is 59.9 Å². The van der Waals surface area contributed by atoms with Gasteiger partial charge < -0.3 is 10.1 Å². The van der Waals surface area contributed by atoms with E-state index in [1.165, 1.54) is 30.3 Å². The Kier molecular flexibility index (Phi) is 4.70. The van der Waals surface area contributed by atoms with Crippen molar-refractivity contribution in [2.24, 2.45) is 0 Å². The number of aromatic nitrogens is 2. The molecule has 146 valence electrons. The summed E-state index contributed by atoms with van der Waals surface area (Å²) >= 11 is 0. The van der Waals surface area contributed by atoms with Gasteiger partial charge in [0.15, 0.2) is 0 Å². The normalized spacial score (nSPS) is 14.1. The van der Waals surface area contributed by atoms with Crippen LogP contribution in [-0.4, -0.2) is 22.7 Å². The quantitative estimate of drug-likeness (QED) is 0.614. The van der Waals surface area contributed by atoms with E-state index in [1.54, 1.807) is 22.9 Å². The molecule has 1 N–H and O–H groups in total. The third-order valence-corrected chi connectivity index (χ3v) is 4.57. The molecule has 0 fully saturated rings. The standard InChI is InChI=1S/C20H17F4N3O/c21-17-7-2-1-5-15(17)18-16-6-3-4-12-25-19(16)27(26-18)13-8-10-14(11-9-13)28-20(22,23)24/h1-2,5,7-11,25H,3-4,6,12H2. The molecule has 1 aromatic heterocycles. The van der Waals surface area contributed by atoms with Crippen LogP contribution in [0.15, 0.2) is 48.5 Å². The van der Waals surface area contributed by atoms with Crippen LogP contribution in [0.1, 0.15) is 18.4 Å². The third-order valence-electron chi connectivity index (χ3n) is 4.57. The largest absolute Gasteiger partial charge is 0.573 e. The van der Waals surface area contributed by atoms with Crippen molar-refractivity contribution in [2.45, 2.75) is 25.6 Å². The van der Waals surface area contributed by atoms with E-state index in [0.29, 0.717) is 16.9 Å². The molecule has 4 nitrogen and oxygen atoms in total. The Morgan fingerprint density at radius 2 is 1.75 bits per heavy atom.